The summed E-state index contributed by atoms with van der Waals surface area (Å²) < 4.78 is 22.0. The number of fused-ring (bicyclic) bond motifs is 1. The maximum absolute atomic E-state index is 12.7. The first kappa shape index (κ1) is 45.9. The van der Waals surface area contributed by atoms with Crippen molar-refractivity contribution in [3.05, 3.63) is 59.7 Å². The normalized spacial score (nSPS) is 30.7. The Hall–Kier alpha value is -3.29. The van der Waals surface area contributed by atoms with Crippen molar-refractivity contribution >= 4 is 18.3 Å². The van der Waals surface area contributed by atoms with Gasteiger partial charge in [-0.3, -0.25) is 4.79 Å². The van der Waals surface area contributed by atoms with E-state index in [0.717, 1.165) is 49.7 Å². The molecule has 3 heterocycles. The number of cyclic esters (lactones) is 1. The number of rotatable bonds is 9. The van der Waals surface area contributed by atoms with Gasteiger partial charge in [0.1, 0.15) is 6.61 Å². The number of nitrogens with zero attached hydrogens (tertiary/aromatic N) is 3. The summed E-state index contributed by atoms with van der Waals surface area (Å²) in [6.07, 6.45) is 9.43. The lowest BCUT2D eigenvalue weighted by molar-refractivity contribution is -0.223. The fourth-order valence-electron chi connectivity index (χ4n) is 6.41. The van der Waals surface area contributed by atoms with Crippen LogP contribution in [-0.2, 0) is 35.0 Å². The predicted octanol–water partition coefficient (Wildman–Crippen LogP) is 7.03. The molecule has 0 saturated carbocycles. The molecule has 4 rings (SSSR count). The highest BCUT2D eigenvalue weighted by atomic mass is 16.7. The van der Waals surface area contributed by atoms with Crippen LogP contribution in [0.15, 0.2) is 59.3 Å². The van der Waals surface area contributed by atoms with Crippen LogP contribution in [0.3, 0.4) is 0 Å². The van der Waals surface area contributed by atoms with E-state index >= 15 is 0 Å². The molecule has 4 unspecified atom stereocenters. The molecule has 1 amide bonds. The Bertz CT molecular complexity index is 1310. The third kappa shape index (κ3) is 15.2. The standard InChI is InChI=1S/C31H45N3O6.C8H17NO2.C2H6/c1-23-15-17-30(4,37-6)20-24(2)27(16-18-33-39-19-11-10-14-26-12-8-7-9-13-26)21-32-34-29(36)40-31(34,5)22-38-28(35)25(23)3;1-6-4-7(9(2)3)5-8(10)11-6;1-2/h7-9,12-13,16,18,24-25,32H,1,10-11,14-15,17,19-22H2,2-6H3;6-8,10H,4-5H2,1-3H3;1-2H3/b27-16-,33-18+;;/t24-,25?,30+,31-;;/m1../s1. The molecule has 3 fully saturated rings. The van der Waals surface area contributed by atoms with Gasteiger partial charge in [-0.15, -0.1) is 0 Å². The van der Waals surface area contributed by atoms with Crippen molar-refractivity contribution in [1.82, 2.24) is 15.3 Å². The van der Waals surface area contributed by atoms with E-state index in [2.05, 4.69) is 60.2 Å². The summed E-state index contributed by atoms with van der Waals surface area (Å²) in [4.78, 5) is 32.6. The number of aliphatic hydroxyl groups is 1. The second-order valence-electron chi connectivity index (χ2n) is 14.7. The molecule has 7 atom stereocenters. The van der Waals surface area contributed by atoms with Crippen LogP contribution in [0.5, 0.6) is 0 Å². The van der Waals surface area contributed by atoms with Crippen LogP contribution in [-0.4, -0.2) is 104 Å². The molecule has 0 aromatic heterocycles. The molecule has 3 aliphatic rings. The molecule has 53 heavy (non-hydrogen) atoms. The number of unbranched alkanes of at least 4 members (excludes halogenated alkanes) is 1. The third-order valence-electron chi connectivity index (χ3n) is 10.1. The van der Waals surface area contributed by atoms with Crippen molar-refractivity contribution in [2.45, 2.75) is 130 Å². The number of nitrogens with one attached hydrogen (secondary N) is 1. The number of carbonyl (C=O) groups excluding carboxylic acids is 2. The predicted molar refractivity (Wildman–Crippen MR) is 209 cm³/mol. The molecule has 0 spiro atoms. The van der Waals surface area contributed by atoms with Crippen molar-refractivity contribution in [3.8, 4) is 0 Å². The molecule has 2 N–H and O–H groups in total. The third-order valence-corrected chi connectivity index (χ3v) is 10.1. The molecular weight excluding hydrogens is 676 g/mol. The second kappa shape index (κ2) is 22.8. The van der Waals surface area contributed by atoms with Crippen molar-refractivity contribution in [1.29, 1.82) is 0 Å². The van der Waals surface area contributed by atoms with Gasteiger partial charge in [0.2, 0.25) is 5.72 Å². The zero-order chi connectivity index (χ0) is 39.6. The number of hydrogen-bond donors (Lipinski definition) is 2. The van der Waals surface area contributed by atoms with E-state index < -0.39 is 35.6 Å². The number of benzene rings is 1. The van der Waals surface area contributed by atoms with Gasteiger partial charge in [-0.2, -0.15) is 5.01 Å². The average Bonchev–Trinajstić information content (AvgIpc) is 3.13. The van der Waals surface area contributed by atoms with E-state index in [1.54, 1.807) is 27.2 Å². The molecule has 0 aliphatic carbocycles. The molecule has 12 heteroatoms. The monoisotopic (exact) mass is 745 g/mol. The van der Waals surface area contributed by atoms with Crippen molar-refractivity contribution in [3.63, 3.8) is 0 Å². The van der Waals surface area contributed by atoms with Crippen LogP contribution < -0.4 is 5.43 Å². The highest BCUT2D eigenvalue weighted by Gasteiger charge is 2.52. The average molecular weight is 745 g/mol. The summed E-state index contributed by atoms with van der Waals surface area (Å²) in [6, 6.07) is 10.9. The van der Waals surface area contributed by atoms with Crippen LogP contribution in [0.25, 0.3) is 0 Å². The molecule has 12 nitrogen and oxygen atoms in total. The maximum atomic E-state index is 12.7. The fourth-order valence-corrected chi connectivity index (χ4v) is 6.41. The molecular formula is C41H68N4O8. The minimum atomic E-state index is -1.10. The van der Waals surface area contributed by atoms with E-state index in [9.17, 15) is 14.7 Å². The van der Waals surface area contributed by atoms with Crippen LogP contribution in [0.2, 0.25) is 0 Å². The lowest BCUT2D eigenvalue weighted by atomic mass is 9.83. The molecule has 3 aliphatic heterocycles. The lowest BCUT2D eigenvalue weighted by Crippen LogP contribution is -2.71. The van der Waals surface area contributed by atoms with E-state index in [-0.39, 0.29) is 18.6 Å². The first-order valence-corrected chi connectivity index (χ1v) is 19.2. The Labute approximate surface area is 318 Å². The zero-order valence-corrected chi connectivity index (χ0v) is 34.1. The summed E-state index contributed by atoms with van der Waals surface area (Å²) in [5.41, 5.74) is 4.74. The van der Waals surface area contributed by atoms with Gasteiger partial charge < -0.3 is 33.8 Å². The molecule has 1 aromatic carbocycles. The van der Waals surface area contributed by atoms with Crippen molar-refractivity contribution in [2.24, 2.45) is 17.0 Å². The number of esters is 1. The summed E-state index contributed by atoms with van der Waals surface area (Å²) in [5.74, 6) is -0.783. The van der Waals surface area contributed by atoms with Crippen LogP contribution >= 0.6 is 0 Å². The minimum Gasteiger partial charge on any atom is -0.459 e. The summed E-state index contributed by atoms with van der Waals surface area (Å²) in [5, 5.41) is 14.8. The molecule has 0 bridgehead atoms. The molecule has 300 valence electrons. The highest BCUT2D eigenvalue weighted by molar-refractivity contribution is 5.76. The van der Waals surface area contributed by atoms with Gasteiger partial charge in [0, 0.05) is 33.0 Å². The molecule has 1 aromatic rings. The number of allylic oxidation sites excluding steroid dienone is 1. The Morgan fingerprint density at radius 1 is 1.11 bits per heavy atom. The Morgan fingerprint density at radius 2 is 1.81 bits per heavy atom. The largest absolute Gasteiger partial charge is 0.459 e. The van der Waals surface area contributed by atoms with E-state index in [4.69, 9.17) is 23.8 Å². The summed E-state index contributed by atoms with van der Waals surface area (Å²) >= 11 is 0. The number of aryl methyl sites for hydroxylation is 1. The Kier molecular flexibility index (Phi) is 19.7. The second-order valence-corrected chi connectivity index (χ2v) is 14.7. The topological polar surface area (TPSA) is 131 Å². The van der Waals surface area contributed by atoms with Crippen LogP contribution in [0.4, 0.5) is 4.79 Å². The number of carbonyl (C=O) groups is 2. The van der Waals surface area contributed by atoms with E-state index in [1.165, 1.54) is 10.6 Å². The SMILES string of the molecule is C=C1CC[C@](C)(OC)C[C@@H](C)/C(=C\C=N\OCCCCc2ccccc2)CNN2C(=O)O[C@]2(C)COC(=O)C1C.CC.CC1CC(N(C)C)CC(O)O1. The first-order chi connectivity index (χ1) is 25.2. The minimum absolute atomic E-state index is 0.0898. The summed E-state index contributed by atoms with van der Waals surface area (Å²) in [6.45, 7) is 18.6. The van der Waals surface area contributed by atoms with Gasteiger partial charge in [-0.25, -0.2) is 10.2 Å². The van der Waals surface area contributed by atoms with Gasteiger partial charge in [0.15, 0.2) is 12.9 Å². The van der Waals surface area contributed by atoms with Gasteiger partial charge in [0.05, 0.1) is 23.8 Å². The highest BCUT2D eigenvalue weighted by Crippen LogP contribution is 2.33. The summed E-state index contributed by atoms with van der Waals surface area (Å²) in [7, 11) is 5.78. The number of aliphatic hydroxyl groups excluding tert-OH is 1. The number of hydrogen-bond acceptors (Lipinski definition) is 11. The van der Waals surface area contributed by atoms with Crippen LogP contribution in [0, 0.1) is 11.8 Å². The van der Waals surface area contributed by atoms with Crippen LogP contribution in [0.1, 0.15) is 99.0 Å². The first-order valence-electron chi connectivity index (χ1n) is 19.2. The lowest BCUT2D eigenvalue weighted by Gasteiger charge is -2.47. The number of hydrazine groups is 1. The molecule has 3 saturated heterocycles. The van der Waals surface area contributed by atoms with E-state index in [1.807, 2.05) is 47.0 Å². The quantitative estimate of drug-likeness (QED) is 0.0894. The van der Waals surface area contributed by atoms with E-state index in [0.29, 0.717) is 32.0 Å². The number of oxime groups is 1. The van der Waals surface area contributed by atoms with Gasteiger partial charge in [-0.05, 0) is 103 Å². The maximum Gasteiger partial charge on any atom is 0.430 e. The van der Waals surface area contributed by atoms with Crippen molar-refractivity contribution < 1.29 is 38.5 Å². The van der Waals surface area contributed by atoms with Gasteiger partial charge in [-0.1, -0.05) is 68.4 Å². The number of methoxy groups -OCH3 is 1. The smallest absolute Gasteiger partial charge is 0.430 e. The van der Waals surface area contributed by atoms with Gasteiger partial charge in [0.25, 0.3) is 0 Å². The molecule has 0 radical (unpaired) electrons. The Balaban J connectivity index is 0.000000632. The number of ether oxygens (including phenoxy) is 4. The van der Waals surface area contributed by atoms with Crippen molar-refractivity contribution in [2.75, 3.05) is 41.0 Å². The Morgan fingerprint density at radius 3 is 2.43 bits per heavy atom. The van der Waals surface area contributed by atoms with Gasteiger partial charge >= 0.3 is 12.1 Å². The fraction of sp³-hybridized carbons (Fsp3) is 0.683. The number of amides is 1. The zero-order valence-electron chi connectivity index (χ0n) is 34.1.